The summed E-state index contributed by atoms with van der Waals surface area (Å²) in [6.07, 6.45) is 15.0. The molecular formula is C24H44O4. The van der Waals surface area contributed by atoms with Crippen LogP contribution in [-0.2, 0) is 18.9 Å². The summed E-state index contributed by atoms with van der Waals surface area (Å²) in [5, 5.41) is 0. The summed E-state index contributed by atoms with van der Waals surface area (Å²) in [6, 6.07) is 0. The van der Waals surface area contributed by atoms with Crippen molar-refractivity contribution in [3.63, 3.8) is 0 Å². The fourth-order valence-electron chi connectivity index (χ4n) is 5.33. The third kappa shape index (κ3) is 7.59. The molecule has 0 aromatic rings. The Balaban J connectivity index is 1.37. The van der Waals surface area contributed by atoms with E-state index in [0.717, 1.165) is 70.6 Å². The highest BCUT2D eigenvalue weighted by atomic mass is 16.5. The van der Waals surface area contributed by atoms with E-state index in [1.807, 2.05) is 0 Å². The molecule has 4 heteroatoms. The molecule has 0 unspecified atom stereocenters. The molecule has 0 aromatic carbocycles. The first-order chi connectivity index (χ1) is 13.8. The number of hydrogen-bond acceptors (Lipinski definition) is 4. The minimum Gasteiger partial charge on any atom is -0.382 e. The lowest BCUT2D eigenvalue weighted by Crippen LogP contribution is -2.42. The van der Waals surface area contributed by atoms with Gasteiger partial charge in [-0.05, 0) is 44.4 Å². The van der Waals surface area contributed by atoms with E-state index in [0.29, 0.717) is 5.41 Å². The lowest BCUT2D eigenvalue weighted by molar-refractivity contribution is -0.108. The minimum atomic E-state index is 0.509. The molecule has 0 N–H and O–H groups in total. The quantitative estimate of drug-likeness (QED) is 0.315. The van der Waals surface area contributed by atoms with E-state index in [9.17, 15) is 0 Å². The van der Waals surface area contributed by atoms with Crippen LogP contribution < -0.4 is 0 Å². The zero-order valence-corrected chi connectivity index (χ0v) is 18.3. The van der Waals surface area contributed by atoms with Crippen molar-refractivity contribution in [2.45, 2.75) is 77.6 Å². The molecule has 0 radical (unpaired) electrons. The largest absolute Gasteiger partial charge is 0.382 e. The summed E-state index contributed by atoms with van der Waals surface area (Å²) in [5.74, 6) is 2.40. The van der Waals surface area contributed by atoms with Crippen molar-refractivity contribution in [1.82, 2.24) is 0 Å². The Morgan fingerprint density at radius 3 is 1.46 bits per heavy atom. The molecule has 0 aromatic heterocycles. The maximum Gasteiger partial charge on any atom is 0.0516 e. The monoisotopic (exact) mass is 396 g/mol. The molecule has 0 amide bonds. The summed E-state index contributed by atoms with van der Waals surface area (Å²) in [7, 11) is 0. The summed E-state index contributed by atoms with van der Waals surface area (Å²) in [6.45, 7) is 9.83. The Hall–Kier alpha value is -0.160. The first-order valence-electron chi connectivity index (χ1n) is 12.1. The molecule has 4 nitrogen and oxygen atoms in total. The molecule has 0 atom stereocenters. The van der Waals surface area contributed by atoms with Gasteiger partial charge < -0.3 is 18.9 Å². The maximum absolute atomic E-state index is 5.52. The first kappa shape index (κ1) is 22.5. The number of hydrogen-bond donors (Lipinski definition) is 0. The van der Waals surface area contributed by atoms with Gasteiger partial charge in [-0.2, -0.15) is 0 Å². The fraction of sp³-hybridized carbons (Fsp3) is 1.00. The molecule has 0 spiro atoms. The van der Waals surface area contributed by atoms with Crippen LogP contribution in [0.25, 0.3) is 0 Å². The third-order valence-electron chi connectivity index (χ3n) is 6.99. The molecule has 3 saturated heterocycles. The van der Waals surface area contributed by atoms with Crippen LogP contribution in [0, 0.1) is 23.2 Å². The Kier molecular flexibility index (Phi) is 10.1. The molecule has 164 valence electrons. The van der Waals surface area contributed by atoms with Crippen LogP contribution in [0.4, 0.5) is 0 Å². The van der Waals surface area contributed by atoms with E-state index >= 15 is 0 Å². The van der Waals surface area contributed by atoms with Gasteiger partial charge in [0.2, 0.25) is 0 Å². The van der Waals surface area contributed by atoms with Gasteiger partial charge in [-0.1, -0.05) is 38.5 Å². The van der Waals surface area contributed by atoms with E-state index in [2.05, 4.69) is 6.92 Å². The van der Waals surface area contributed by atoms with Crippen molar-refractivity contribution < 1.29 is 18.9 Å². The van der Waals surface area contributed by atoms with Crippen LogP contribution in [0.1, 0.15) is 77.6 Å². The summed E-state index contributed by atoms with van der Waals surface area (Å²) >= 11 is 0. The average molecular weight is 397 g/mol. The second-order valence-electron chi connectivity index (χ2n) is 9.74. The highest BCUT2D eigenvalue weighted by Gasteiger charge is 2.41. The predicted molar refractivity (Wildman–Crippen MR) is 113 cm³/mol. The van der Waals surface area contributed by atoms with Crippen LogP contribution in [0.2, 0.25) is 0 Å². The summed E-state index contributed by atoms with van der Waals surface area (Å²) in [4.78, 5) is 0. The lowest BCUT2D eigenvalue weighted by Gasteiger charge is -2.46. The second kappa shape index (κ2) is 12.5. The molecule has 3 rings (SSSR count). The van der Waals surface area contributed by atoms with Crippen molar-refractivity contribution >= 4 is 0 Å². The molecular weight excluding hydrogens is 352 g/mol. The van der Waals surface area contributed by atoms with E-state index in [4.69, 9.17) is 18.9 Å². The molecule has 0 saturated carbocycles. The van der Waals surface area contributed by atoms with Gasteiger partial charge >= 0.3 is 0 Å². The fourth-order valence-corrected chi connectivity index (χ4v) is 5.33. The summed E-state index contributed by atoms with van der Waals surface area (Å²) in [5.41, 5.74) is 0.509. The average Bonchev–Trinajstić information content (AvgIpc) is 2.59. The van der Waals surface area contributed by atoms with Crippen molar-refractivity contribution in [3.05, 3.63) is 0 Å². The molecule has 0 bridgehead atoms. The third-order valence-corrected chi connectivity index (χ3v) is 6.99. The highest BCUT2D eigenvalue weighted by Crippen LogP contribution is 2.47. The number of rotatable bonds is 17. The van der Waals surface area contributed by atoms with Crippen LogP contribution in [0.15, 0.2) is 0 Å². The van der Waals surface area contributed by atoms with Gasteiger partial charge in [-0.25, -0.2) is 0 Å². The van der Waals surface area contributed by atoms with E-state index < -0.39 is 0 Å². The van der Waals surface area contributed by atoms with Gasteiger partial charge in [0.05, 0.1) is 39.6 Å². The summed E-state index contributed by atoms with van der Waals surface area (Å²) < 4.78 is 22.0. The Labute approximate surface area is 173 Å². The molecule has 3 fully saturated rings. The minimum absolute atomic E-state index is 0.509. The van der Waals surface area contributed by atoms with E-state index in [1.54, 1.807) is 0 Å². The SMILES string of the molecule is CCOCCCCCCCCCC(CC1COC1)(CC1COC1)CC1COC1. The van der Waals surface area contributed by atoms with Gasteiger partial charge in [0.25, 0.3) is 0 Å². The van der Waals surface area contributed by atoms with Gasteiger partial charge in [0.15, 0.2) is 0 Å². The standard InChI is InChI=1S/C24H44O4/c1-2-25-11-9-7-5-3-4-6-8-10-24(12-21-15-26-16-21,13-22-17-27-18-22)14-23-19-28-20-23/h21-23H,2-20H2,1H3. The molecule has 3 aliphatic heterocycles. The van der Waals surface area contributed by atoms with Crippen molar-refractivity contribution in [1.29, 1.82) is 0 Å². The Morgan fingerprint density at radius 1 is 0.643 bits per heavy atom. The molecule has 28 heavy (non-hydrogen) atoms. The van der Waals surface area contributed by atoms with Crippen molar-refractivity contribution in [2.75, 3.05) is 52.9 Å². The zero-order chi connectivity index (χ0) is 19.5. The zero-order valence-electron chi connectivity index (χ0n) is 18.3. The smallest absolute Gasteiger partial charge is 0.0516 e. The van der Waals surface area contributed by atoms with Crippen LogP contribution in [-0.4, -0.2) is 52.9 Å². The predicted octanol–water partition coefficient (Wildman–Crippen LogP) is 5.24. The van der Waals surface area contributed by atoms with Gasteiger partial charge in [-0.3, -0.25) is 0 Å². The molecule has 3 aliphatic rings. The topological polar surface area (TPSA) is 36.9 Å². The van der Waals surface area contributed by atoms with Crippen molar-refractivity contribution in [2.24, 2.45) is 23.2 Å². The van der Waals surface area contributed by atoms with Crippen LogP contribution >= 0.6 is 0 Å². The van der Waals surface area contributed by atoms with Gasteiger partial charge in [0, 0.05) is 31.0 Å². The van der Waals surface area contributed by atoms with Gasteiger partial charge in [0.1, 0.15) is 0 Å². The van der Waals surface area contributed by atoms with Gasteiger partial charge in [-0.15, -0.1) is 0 Å². The normalized spacial score (nSPS) is 21.3. The van der Waals surface area contributed by atoms with E-state index in [1.165, 1.54) is 70.6 Å². The maximum atomic E-state index is 5.52. The molecule has 3 heterocycles. The Morgan fingerprint density at radius 2 is 1.07 bits per heavy atom. The number of unbranched alkanes of at least 4 members (excludes halogenated alkanes) is 6. The Bertz CT molecular complexity index is 361. The van der Waals surface area contributed by atoms with E-state index in [-0.39, 0.29) is 0 Å². The lowest BCUT2D eigenvalue weighted by atomic mass is 9.64. The molecule has 0 aliphatic carbocycles. The highest BCUT2D eigenvalue weighted by molar-refractivity contribution is 4.90. The second-order valence-corrected chi connectivity index (χ2v) is 9.74. The first-order valence-corrected chi connectivity index (χ1v) is 12.1. The van der Waals surface area contributed by atoms with Crippen LogP contribution in [0.5, 0.6) is 0 Å². The number of ether oxygens (including phenoxy) is 4. The van der Waals surface area contributed by atoms with Crippen LogP contribution in [0.3, 0.4) is 0 Å². The van der Waals surface area contributed by atoms with Crippen molar-refractivity contribution in [3.8, 4) is 0 Å².